The molecule has 2 atom stereocenters. The van der Waals surface area contributed by atoms with Crippen LogP contribution in [-0.4, -0.2) is 80.9 Å². The molecule has 0 aliphatic heterocycles. The van der Waals surface area contributed by atoms with E-state index in [4.69, 9.17) is 18.9 Å². The summed E-state index contributed by atoms with van der Waals surface area (Å²) in [5.74, 6) is -5.22. The summed E-state index contributed by atoms with van der Waals surface area (Å²) in [4.78, 5) is 73.1. The lowest BCUT2D eigenvalue weighted by Crippen LogP contribution is -2.16. The highest BCUT2D eigenvalue weighted by atomic mass is 32.2. The van der Waals surface area contributed by atoms with Crippen LogP contribution in [0.1, 0.15) is 165 Å². The summed E-state index contributed by atoms with van der Waals surface area (Å²) >= 11 is 0. The van der Waals surface area contributed by atoms with Crippen molar-refractivity contribution in [1.29, 1.82) is 0 Å². The van der Waals surface area contributed by atoms with Crippen LogP contribution in [0.15, 0.2) is 46.2 Å². The molecule has 0 radical (unpaired) electrons. The lowest BCUT2D eigenvalue weighted by Gasteiger charge is -2.14. The van der Waals surface area contributed by atoms with Crippen molar-refractivity contribution in [2.45, 2.75) is 134 Å². The molecular formula is C43H60O14S. The zero-order valence-corrected chi connectivity index (χ0v) is 35.1. The molecule has 2 unspecified atom stereocenters. The Morgan fingerprint density at radius 1 is 0.534 bits per heavy atom. The first-order chi connectivity index (χ1) is 27.7. The lowest BCUT2D eigenvalue weighted by molar-refractivity contribution is -0.146. The van der Waals surface area contributed by atoms with Gasteiger partial charge in [0.2, 0.25) is 9.84 Å². The van der Waals surface area contributed by atoms with Crippen molar-refractivity contribution in [3.05, 3.63) is 58.7 Å². The third kappa shape index (κ3) is 16.6. The monoisotopic (exact) mass is 832 g/mol. The molecule has 2 aromatic carbocycles. The SMILES string of the molecule is CCCCC(CC)COC(=O)CCCCCOC(=O)c1cc(S(=O)(=O)c2ccc(C(=O)OCCCCC(=O)OCC(CC)CCCC)c(C(=O)O)c2)ccc1C(=O)O. The van der Waals surface area contributed by atoms with Gasteiger partial charge < -0.3 is 29.2 Å². The van der Waals surface area contributed by atoms with Gasteiger partial charge >= 0.3 is 35.8 Å². The Kier molecular flexibility index (Phi) is 22.3. The Morgan fingerprint density at radius 2 is 0.966 bits per heavy atom. The zero-order chi connectivity index (χ0) is 43.1. The highest BCUT2D eigenvalue weighted by Crippen LogP contribution is 2.27. The van der Waals surface area contributed by atoms with Crippen LogP contribution < -0.4 is 0 Å². The molecule has 0 aliphatic rings. The van der Waals surface area contributed by atoms with Gasteiger partial charge in [-0.2, -0.15) is 0 Å². The van der Waals surface area contributed by atoms with Gasteiger partial charge in [-0.15, -0.1) is 0 Å². The number of sulfone groups is 1. The van der Waals surface area contributed by atoms with Crippen LogP contribution in [0.3, 0.4) is 0 Å². The maximum atomic E-state index is 13.6. The maximum absolute atomic E-state index is 13.6. The first kappa shape index (κ1) is 49.4. The topological polar surface area (TPSA) is 214 Å². The van der Waals surface area contributed by atoms with Gasteiger partial charge in [-0.25, -0.2) is 27.6 Å². The van der Waals surface area contributed by atoms with Crippen molar-refractivity contribution >= 4 is 45.7 Å². The third-order valence-electron chi connectivity index (χ3n) is 9.82. The highest BCUT2D eigenvalue weighted by Gasteiger charge is 2.27. The van der Waals surface area contributed by atoms with E-state index in [1.807, 2.05) is 6.92 Å². The highest BCUT2D eigenvalue weighted by molar-refractivity contribution is 7.91. The average molecular weight is 833 g/mol. The number of carboxylic acids is 2. The van der Waals surface area contributed by atoms with Crippen LogP contribution in [0.4, 0.5) is 0 Å². The van der Waals surface area contributed by atoms with Crippen molar-refractivity contribution in [2.75, 3.05) is 26.4 Å². The Bertz CT molecular complexity index is 1780. The van der Waals surface area contributed by atoms with Gasteiger partial charge in [-0.3, -0.25) is 9.59 Å². The molecule has 0 spiro atoms. The van der Waals surface area contributed by atoms with E-state index in [0.29, 0.717) is 57.2 Å². The number of hydrogen-bond donors (Lipinski definition) is 2. The van der Waals surface area contributed by atoms with Crippen molar-refractivity contribution in [3.8, 4) is 0 Å². The van der Waals surface area contributed by atoms with Crippen molar-refractivity contribution in [3.63, 3.8) is 0 Å². The number of carbonyl (C=O) groups is 6. The molecule has 2 aromatic rings. The molecule has 14 nitrogen and oxygen atoms in total. The number of ether oxygens (including phenoxy) is 4. The summed E-state index contributed by atoms with van der Waals surface area (Å²) in [5, 5.41) is 19.5. The minimum atomic E-state index is -4.55. The van der Waals surface area contributed by atoms with Crippen LogP contribution >= 0.6 is 0 Å². The quantitative estimate of drug-likeness (QED) is 0.0447. The molecule has 0 heterocycles. The van der Waals surface area contributed by atoms with Gasteiger partial charge in [0.25, 0.3) is 0 Å². The number of hydrogen-bond acceptors (Lipinski definition) is 12. The molecule has 0 saturated carbocycles. The number of unbranched alkanes of at least 4 members (excludes halogenated alkanes) is 5. The second kappa shape index (κ2) is 26.3. The fraction of sp³-hybridized carbons (Fsp3) is 0.581. The van der Waals surface area contributed by atoms with Crippen molar-refractivity contribution in [1.82, 2.24) is 0 Å². The fourth-order valence-electron chi connectivity index (χ4n) is 5.99. The minimum Gasteiger partial charge on any atom is -0.478 e. The molecule has 0 fully saturated rings. The fourth-order valence-corrected chi connectivity index (χ4v) is 7.31. The zero-order valence-electron chi connectivity index (χ0n) is 34.3. The number of carbonyl (C=O) groups excluding carboxylic acids is 4. The molecule has 58 heavy (non-hydrogen) atoms. The van der Waals surface area contributed by atoms with Crippen LogP contribution in [0.25, 0.3) is 0 Å². The molecule has 2 rings (SSSR count). The van der Waals surface area contributed by atoms with E-state index < -0.39 is 65.8 Å². The molecule has 0 amide bonds. The van der Waals surface area contributed by atoms with E-state index in [-0.39, 0.29) is 38.0 Å². The minimum absolute atomic E-state index is 0.121. The molecule has 0 aromatic heterocycles. The van der Waals surface area contributed by atoms with Gasteiger partial charge in [0.15, 0.2) is 0 Å². The molecule has 0 bridgehead atoms. The van der Waals surface area contributed by atoms with E-state index >= 15 is 0 Å². The Morgan fingerprint density at radius 3 is 1.43 bits per heavy atom. The molecule has 0 aliphatic carbocycles. The summed E-state index contributed by atoms with van der Waals surface area (Å²) in [6.45, 7) is 8.82. The number of aromatic carboxylic acids is 2. The van der Waals surface area contributed by atoms with Gasteiger partial charge in [0, 0.05) is 12.8 Å². The van der Waals surface area contributed by atoms with Crippen molar-refractivity contribution < 1.29 is 66.3 Å². The maximum Gasteiger partial charge on any atom is 0.339 e. The largest absolute Gasteiger partial charge is 0.478 e. The van der Waals surface area contributed by atoms with E-state index in [1.165, 1.54) is 0 Å². The van der Waals surface area contributed by atoms with Crippen molar-refractivity contribution in [2.24, 2.45) is 11.8 Å². The molecule has 0 saturated heterocycles. The summed E-state index contributed by atoms with van der Waals surface area (Å²) in [7, 11) is -4.55. The van der Waals surface area contributed by atoms with Gasteiger partial charge in [0.1, 0.15) is 0 Å². The van der Waals surface area contributed by atoms with Gasteiger partial charge in [-0.1, -0.05) is 66.2 Å². The van der Waals surface area contributed by atoms with Crippen LogP contribution in [0.5, 0.6) is 0 Å². The predicted molar refractivity (Wildman–Crippen MR) is 214 cm³/mol. The summed E-state index contributed by atoms with van der Waals surface area (Å²) < 4.78 is 48.5. The Balaban J connectivity index is 2.01. The average Bonchev–Trinajstić information content (AvgIpc) is 3.21. The number of benzene rings is 2. The Hall–Kier alpha value is -4.79. The first-order valence-corrected chi connectivity index (χ1v) is 21.8. The smallest absolute Gasteiger partial charge is 0.339 e. The van der Waals surface area contributed by atoms with E-state index in [9.17, 15) is 47.4 Å². The van der Waals surface area contributed by atoms with E-state index in [1.54, 1.807) is 0 Å². The van der Waals surface area contributed by atoms with Crippen LogP contribution in [0, 0.1) is 11.8 Å². The normalized spacial score (nSPS) is 12.3. The second-order valence-electron chi connectivity index (χ2n) is 14.3. The number of rotatable bonds is 29. The van der Waals surface area contributed by atoms with E-state index in [0.717, 1.165) is 87.8 Å². The first-order valence-electron chi connectivity index (χ1n) is 20.3. The third-order valence-corrected chi connectivity index (χ3v) is 11.6. The predicted octanol–water partition coefficient (Wildman–Crippen LogP) is 8.48. The number of esters is 4. The van der Waals surface area contributed by atoms with E-state index in [2.05, 4.69) is 20.8 Å². The second-order valence-corrected chi connectivity index (χ2v) is 16.2. The Labute approximate surface area is 341 Å². The molecular weight excluding hydrogens is 773 g/mol. The lowest BCUT2D eigenvalue weighted by atomic mass is 10.0. The van der Waals surface area contributed by atoms with Gasteiger partial charge in [0.05, 0.1) is 58.5 Å². The standard InChI is InChI=1S/C43H60O14S/c1-5-9-16-30(7-3)28-56-38(44)18-12-11-14-24-55-43(51)37-27-33(20-22-34(37)40(46)47)58(52,53)32-21-23-35(36(26-32)41(48)49)42(50)54-25-15-13-19-39(45)57-29-31(8-4)17-10-6-2/h20-23,26-27,30-31H,5-19,24-25,28-29H2,1-4H3,(H,46,47)(H,48,49). The number of carboxylic acid groups (broad SMARTS) is 2. The molecule has 15 heteroatoms. The summed E-state index contributed by atoms with van der Waals surface area (Å²) in [6.07, 6.45) is 10.5. The van der Waals surface area contributed by atoms with Gasteiger partial charge in [-0.05, 0) is 93.2 Å². The van der Waals surface area contributed by atoms with Crippen LogP contribution in [0.2, 0.25) is 0 Å². The summed E-state index contributed by atoms with van der Waals surface area (Å²) in [5.41, 5.74) is -2.10. The molecule has 322 valence electrons. The summed E-state index contributed by atoms with van der Waals surface area (Å²) in [6, 6.07) is 5.52. The molecule has 2 N–H and O–H groups in total. The van der Waals surface area contributed by atoms with Crippen LogP contribution in [-0.2, 0) is 38.4 Å².